The zero-order valence-corrected chi connectivity index (χ0v) is 17.5. The van der Waals surface area contributed by atoms with E-state index in [1.54, 1.807) is 6.20 Å². The molecule has 0 radical (unpaired) electrons. The van der Waals surface area contributed by atoms with Gasteiger partial charge in [-0.2, -0.15) is 0 Å². The van der Waals surface area contributed by atoms with E-state index < -0.39 is 5.60 Å². The smallest absolute Gasteiger partial charge is 0.231 e. The lowest BCUT2D eigenvalue weighted by Gasteiger charge is -2.53. The Bertz CT molecular complexity index is 874. The molecule has 1 saturated carbocycles. The molecular weight excluding hydrogens is 380 g/mol. The maximum absolute atomic E-state index is 11.8. The number of likely N-dealkylation sites (tertiary alicyclic amines) is 1. The number of nitrogens with zero attached hydrogens (tertiary/aromatic N) is 2. The fourth-order valence-corrected chi connectivity index (χ4v) is 5.42. The Morgan fingerprint density at radius 2 is 1.97 bits per heavy atom. The van der Waals surface area contributed by atoms with Crippen LogP contribution in [-0.4, -0.2) is 41.5 Å². The van der Waals surface area contributed by atoms with Gasteiger partial charge in [0.15, 0.2) is 11.5 Å². The Labute approximate surface area is 177 Å². The summed E-state index contributed by atoms with van der Waals surface area (Å²) in [6.45, 7) is 5.56. The molecule has 0 spiro atoms. The highest BCUT2D eigenvalue weighted by Crippen LogP contribution is 2.49. The summed E-state index contributed by atoms with van der Waals surface area (Å²) in [7, 11) is 0. The van der Waals surface area contributed by atoms with Gasteiger partial charge in [-0.1, -0.05) is 19.4 Å². The van der Waals surface area contributed by atoms with E-state index in [0.29, 0.717) is 6.61 Å². The highest BCUT2D eigenvalue weighted by Gasteiger charge is 2.51. The van der Waals surface area contributed by atoms with Gasteiger partial charge in [-0.05, 0) is 31.4 Å². The first-order valence-electron chi connectivity index (χ1n) is 11.1. The number of rotatable bonds is 6. The molecule has 30 heavy (non-hydrogen) atoms. The van der Waals surface area contributed by atoms with E-state index in [0.717, 1.165) is 67.3 Å². The second kappa shape index (κ2) is 8.08. The molecule has 2 fully saturated rings. The predicted octanol–water partition coefficient (Wildman–Crippen LogP) is 3.72. The van der Waals surface area contributed by atoms with Crippen LogP contribution < -0.4 is 14.2 Å². The lowest BCUT2D eigenvalue weighted by atomic mass is 9.63. The fourth-order valence-electron chi connectivity index (χ4n) is 5.42. The minimum absolute atomic E-state index is 0.211. The molecule has 1 aromatic heterocycles. The first-order valence-corrected chi connectivity index (χ1v) is 11.1. The van der Waals surface area contributed by atoms with Gasteiger partial charge in [-0.15, -0.1) is 0 Å². The maximum Gasteiger partial charge on any atom is 0.231 e. The van der Waals surface area contributed by atoms with Crippen molar-refractivity contribution in [1.82, 2.24) is 9.88 Å². The third-order valence-corrected chi connectivity index (χ3v) is 6.84. The maximum atomic E-state index is 11.8. The standard InChI is InChI=1S/C24H30N2O4/c1-2-9-28-21-11-23-22(29-16-30-23)10-17(21)13-26-14-19-5-3-6-20(15-26)24(19,27)18-7-4-8-25-12-18/h4,7-8,10-12,19-20,27H,2-3,5-6,9,13-16H2,1H3/t19-,20-/m0/s1. The molecule has 1 N–H and O–H groups in total. The van der Waals surface area contributed by atoms with Gasteiger partial charge in [0.1, 0.15) is 5.75 Å². The third kappa shape index (κ3) is 3.42. The predicted molar refractivity (Wildman–Crippen MR) is 113 cm³/mol. The van der Waals surface area contributed by atoms with Crippen molar-refractivity contribution in [3.8, 4) is 17.2 Å². The molecule has 6 nitrogen and oxygen atoms in total. The van der Waals surface area contributed by atoms with Crippen molar-refractivity contribution in [3.63, 3.8) is 0 Å². The summed E-state index contributed by atoms with van der Waals surface area (Å²) in [5.41, 5.74) is 1.31. The molecule has 1 saturated heterocycles. The average molecular weight is 411 g/mol. The summed E-state index contributed by atoms with van der Waals surface area (Å²) in [4.78, 5) is 6.74. The number of aliphatic hydroxyl groups is 1. The summed E-state index contributed by atoms with van der Waals surface area (Å²) in [5.74, 6) is 2.84. The van der Waals surface area contributed by atoms with Crippen LogP contribution in [0.3, 0.4) is 0 Å². The SMILES string of the molecule is CCCOc1cc2c(cc1CN1C[C@@H]3CCC[C@@H](C1)C3(O)c1cccnc1)OCO2. The van der Waals surface area contributed by atoms with Crippen molar-refractivity contribution in [3.05, 3.63) is 47.8 Å². The number of hydrogen-bond acceptors (Lipinski definition) is 6. The van der Waals surface area contributed by atoms with Crippen LogP contribution in [0, 0.1) is 11.8 Å². The quantitative estimate of drug-likeness (QED) is 0.783. The number of aromatic nitrogens is 1. The van der Waals surface area contributed by atoms with Crippen LogP contribution in [0.4, 0.5) is 0 Å². The molecule has 3 heterocycles. The molecule has 0 unspecified atom stereocenters. The topological polar surface area (TPSA) is 64.1 Å². The van der Waals surface area contributed by atoms with E-state index in [2.05, 4.69) is 22.9 Å². The van der Waals surface area contributed by atoms with Crippen LogP contribution in [0.2, 0.25) is 0 Å². The molecule has 0 amide bonds. The minimum Gasteiger partial charge on any atom is -0.493 e. The second-order valence-electron chi connectivity index (χ2n) is 8.75. The summed E-state index contributed by atoms with van der Waals surface area (Å²) < 4.78 is 17.2. The van der Waals surface area contributed by atoms with Crippen molar-refractivity contribution in [1.29, 1.82) is 0 Å². The van der Waals surface area contributed by atoms with Gasteiger partial charge >= 0.3 is 0 Å². The van der Waals surface area contributed by atoms with Crippen molar-refractivity contribution in [2.24, 2.45) is 11.8 Å². The van der Waals surface area contributed by atoms with Crippen molar-refractivity contribution in [2.45, 2.75) is 44.8 Å². The van der Waals surface area contributed by atoms with E-state index in [9.17, 15) is 5.11 Å². The number of fused-ring (bicyclic) bond motifs is 3. The molecule has 2 bridgehead atoms. The third-order valence-electron chi connectivity index (χ3n) is 6.84. The Kier molecular flexibility index (Phi) is 5.29. The number of ether oxygens (including phenoxy) is 3. The van der Waals surface area contributed by atoms with Crippen molar-refractivity contribution >= 4 is 0 Å². The normalized spacial score (nSPS) is 27.8. The van der Waals surface area contributed by atoms with Crippen LogP contribution >= 0.6 is 0 Å². The van der Waals surface area contributed by atoms with Crippen molar-refractivity contribution in [2.75, 3.05) is 26.5 Å². The number of pyridine rings is 1. The highest BCUT2D eigenvalue weighted by molar-refractivity contribution is 5.52. The lowest BCUT2D eigenvalue weighted by molar-refractivity contribution is -0.148. The van der Waals surface area contributed by atoms with Crippen LogP contribution in [0.25, 0.3) is 0 Å². The summed E-state index contributed by atoms with van der Waals surface area (Å²) >= 11 is 0. The van der Waals surface area contributed by atoms with E-state index in [-0.39, 0.29) is 18.6 Å². The first kappa shape index (κ1) is 19.6. The molecule has 1 aromatic carbocycles. The van der Waals surface area contributed by atoms with E-state index in [4.69, 9.17) is 14.2 Å². The molecular formula is C24H30N2O4. The van der Waals surface area contributed by atoms with Gasteiger partial charge in [-0.3, -0.25) is 9.88 Å². The van der Waals surface area contributed by atoms with Crippen LogP contribution in [-0.2, 0) is 12.1 Å². The Morgan fingerprint density at radius 3 is 2.67 bits per heavy atom. The Morgan fingerprint density at radius 1 is 1.20 bits per heavy atom. The van der Waals surface area contributed by atoms with E-state index in [1.165, 1.54) is 6.42 Å². The molecule has 2 aliphatic heterocycles. The molecule has 160 valence electrons. The van der Waals surface area contributed by atoms with Gasteiger partial charge in [0.25, 0.3) is 0 Å². The van der Waals surface area contributed by atoms with Gasteiger partial charge in [0.05, 0.1) is 12.2 Å². The minimum atomic E-state index is -0.778. The number of benzene rings is 1. The summed E-state index contributed by atoms with van der Waals surface area (Å²) in [6, 6.07) is 7.98. The molecule has 3 aliphatic rings. The molecule has 6 heteroatoms. The summed E-state index contributed by atoms with van der Waals surface area (Å²) in [5, 5.41) is 11.8. The van der Waals surface area contributed by atoms with Gasteiger partial charge in [-0.25, -0.2) is 0 Å². The number of hydrogen-bond donors (Lipinski definition) is 1. The van der Waals surface area contributed by atoms with Crippen molar-refractivity contribution < 1.29 is 19.3 Å². The zero-order chi connectivity index (χ0) is 20.6. The first-order chi connectivity index (χ1) is 14.7. The lowest BCUT2D eigenvalue weighted by Crippen LogP contribution is -2.57. The Hall–Kier alpha value is -2.31. The monoisotopic (exact) mass is 410 g/mol. The fraction of sp³-hybridized carbons (Fsp3) is 0.542. The Balaban J connectivity index is 1.39. The van der Waals surface area contributed by atoms with E-state index in [1.807, 2.05) is 24.4 Å². The molecule has 1 aliphatic carbocycles. The second-order valence-corrected chi connectivity index (χ2v) is 8.75. The van der Waals surface area contributed by atoms with Gasteiger partial charge < -0.3 is 19.3 Å². The van der Waals surface area contributed by atoms with Crippen LogP contribution in [0.5, 0.6) is 17.2 Å². The van der Waals surface area contributed by atoms with Gasteiger partial charge in [0.2, 0.25) is 6.79 Å². The van der Waals surface area contributed by atoms with Crippen LogP contribution in [0.15, 0.2) is 36.7 Å². The van der Waals surface area contributed by atoms with Gasteiger partial charge in [0, 0.05) is 61.1 Å². The molecule has 2 aromatic rings. The number of piperidine rings is 1. The zero-order valence-electron chi connectivity index (χ0n) is 17.5. The summed E-state index contributed by atoms with van der Waals surface area (Å²) in [6.07, 6.45) is 7.84. The van der Waals surface area contributed by atoms with E-state index >= 15 is 0 Å². The highest BCUT2D eigenvalue weighted by atomic mass is 16.7. The van der Waals surface area contributed by atoms with Crippen LogP contribution in [0.1, 0.15) is 43.7 Å². The molecule has 2 atom stereocenters. The molecule has 5 rings (SSSR count). The average Bonchev–Trinajstić information content (AvgIpc) is 3.20. The largest absolute Gasteiger partial charge is 0.493 e.